The summed E-state index contributed by atoms with van der Waals surface area (Å²) in [7, 11) is 3.09. The van der Waals surface area contributed by atoms with E-state index in [0.29, 0.717) is 47.3 Å². The van der Waals surface area contributed by atoms with Crippen LogP contribution in [0.1, 0.15) is 20.7 Å². The number of carbonyl (C=O) groups excluding carboxylic acids is 2. The molecule has 0 fully saturated rings. The number of methoxy groups -OCH3 is 2. The van der Waals surface area contributed by atoms with E-state index in [1.165, 1.54) is 0 Å². The molecule has 0 radical (unpaired) electrons. The van der Waals surface area contributed by atoms with Gasteiger partial charge >= 0.3 is 0 Å². The number of rotatable bonds is 12. The zero-order valence-corrected chi connectivity index (χ0v) is 15.3. The van der Waals surface area contributed by atoms with Crippen molar-refractivity contribution in [2.45, 2.75) is 0 Å². The molecular formula is C20H22O7. The van der Waals surface area contributed by atoms with E-state index in [-0.39, 0.29) is 13.2 Å². The van der Waals surface area contributed by atoms with E-state index in [9.17, 15) is 9.59 Å². The first-order valence-electron chi connectivity index (χ1n) is 8.31. The Hall–Kier alpha value is -3.06. The molecule has 0 N–H and O–H groups in total. The second-order valence-corrected chi connectivity index (χ2v) is 5.35. The fourth-order valence-corrected chi connectivity index (χ4v) is 2.25. The maximum absolute atomic E-state index is 11.0. The summed E-state index contributed by atoms with van der Waals surface area (Å²) in [5.74, 6) is 2.09. The molecule has 0 bridgehead atoms. The summed E-state index contributed by atoms with van der Waals surface area (Å²) < 4.78 is 26.8. The molecule has 2 aromatic rings. The molecule has 0 unspecified atom stereocenters. The molecule has 0 aromatic heterocycles. The highest BCUT2D eigenvalue weighted by molar-refractivity contribution is 5.80. The highest BCUT2D eigenvalue weighted by atomic mass is 16.5. The fourth-order valence-electron chi connectivity index (χ4n) is 2.25. The molecule has 144 valence electrons. The van der Waals surface area contributed by atoms with Crippen LogP contribution in [0.3, 0.4) is 0 Å². The van der Waals surface area contributed by atoms with Crippen LogP contribution in [-0.4, -0.2) is 53.2 Å². The summed E-state index contributed by atoms with van der Waals surface area (Å²) in [6, 6.07) is 9.95. The molecule has 0 heterocycles. The Morgan fingerprint density at radius 3 is 1.52 bits per heavy atom. The van der Waals surface area contributed by atoms with Gasteiger partial charge < -0.3 is 23.7 Å². The van der Waals surface area contributed by atoms with Gasteiger partial charge in [-0.1, -0.05) is 0 Å². The Bertz CT molecular complexity index is 694. The predicted octanol–water partition coefficient (Wildman–Crippen LogP) is 2.80. The van der Waals surface area contributed by atoms with E-state index in [1.807, 2.05) is 0 Å². The second-order valence-electron chi connectivity index (χ2n) is 5.35. The molecule has 0 aliphatic carbocycles. The van der Waals surface area contributed by atoms with Gasteiger partial charge in [0.05, 0.1) is 38.6 Å². The number of hydrogen-bond acceptors (Lipinski definition) is 7. The molecule has 0 atom stereocenters. The van der Waals surface area contributed by atoms with Crippen molar-refractivity contribution >= 4 is 12.6 Å². The van der Waals surface area contributed by atoms with Crippen molar-refractivity contribution < 1.29 is 33.3 Å². The topological polar surface area (TPSA) is 80.3 Å². The first kappa shape index (κ1) is 20.3. The molecule has 0 spiro atoms. The minimum Gasteiger partial charge on any atom is -0.497 e. The van der Waals surface area contributed by atoms with Gasteiger partial charge in [-0.15, -0.1) is 0 Å². The molecule has 0 aliphatic heterocycles. The van der Waals surface area contributed by atoms with Gasteiger partial charge in [0.15, 0.2) is 12.6 Å². The normalized spacial score (nSPS) is 10.1. The van der Waals surface area contributed by atoms with Gasteiger partial charge in [0.25, 0.3) is 0 Å². The predicted molar refractivity (Wildman–Crippen MR) is 98.6 cm³/mol. The van der Waals surface area contributed by atoms with Crippen molar-refractivity contribution in [2.24, 2.45) is 0 Å². The van der Waals surface area contributed by atoms with Gasteiger partial charge in [-0.05, 0) is 24.3 Å². The van der Waals surface area contributed by atoms with Crippen LogP contribution in [0.4, 0.5) is 0 Å². The standard InChI is InChI=1S/C20H22O7/c1-23-17-5-3-15(13-21)19(11-17)26-9-7-25-8-10-27-20-12-18(24-2)6-4-16(20)14-22/h3-6,11-14H,7-10H2,1-2H3. The van der Waals surface area contributed by atoms with Crippen LogP contribution in [0.5, 0.6) is 23.0 Å². The Balaban J connectivity index is 1.73. The van der Waals surface area contributed by atoms with Crippen LogP contribution in [0.2, 0.25) is 0 Å². The molecule has 0 amide bonds. The molecular weight excluding hydrogens is 352 g/mol. The molecule has 7 heteroatoms. The van der Waals surface area contributed by atoms with Crippen molar-refractivity contribution in [3.63, 3.8) is 0 Å². The van der Waals surface area contributed by atoms with E-state index in [0.717, 1.165) is 12.6 Å². The van der Waals surface area contributed by atoms with Gasteiger partial charge in [0, 0.05) is 12.1 Å². The van der Waals surface area contributed by atoms with Gasteiger partial charge in [-0.25, -0.2) is 0 Å². The van der Waals surface area contributed by atoms with Gasteiger partial charge in [0.1, 0.15) is 36.2 Å². The Kier molecular flexibility index (Phi) is 8.12. The van der Waals surface area contributed by atoms with Gasteiger partial charge in [0.2, 0.25) is 0 Å². The van der Waals surface area contributed by atoms with Crippen molar-refractivity contribution in [1.29, 1.82) is 0 Å². The maximum atomic E-state index is 11.0. The number of hydrogen-bond donors (Lipinski definition) is 0. The molecule has 0 saturated heterocycles. The summed E-state index contributed by atoms with van der Waals surface area (Å²) in [5, 5.41) is 0. The monoisotopic (exact) mass is 374 g/mol. The third-order valence-electron chi connectivity index (χ3n) is 3.67. The highest BCUT2D eigenvalue weighted by Gasteiger charge is 2.06. The minimum atomic E-state index is 0.271. The lowest BCUT2D eigenvalue weighted by atomic mass is 10.2. The maximum Gasteiger partial charge on any atom is 0.153 e. The number of carbonyl (C=O) groups is 2. The quantitative estimate of drug-likeness (QED) is 0.417. The number of ether oxygens (including phenoxy) is 5. The first-order chi connectivity index (χ1) is 13.2. The first-order valence-corrected chi connectivity index (χ1v) is 8.31. The van der Waals surface area contributed by atoms with E-state index in [1.54, 1.807) is 50.6 Å². The van der Waals surface area contributed by atoms with E-state index >= 15 is 0 Å². The molecule has 0 saturated carbocycles. The molecule has 0 aliphatic rings. The summed E-state index contributed by atoms with van der Waals surface area (Å²) in [6.07, 6.45) is 1.45. The SMILES string of the molecule is COc1ccc(C=O)c(OCCOCCOc2cc(OC)ccc2C=O)c1. The number of benzene rings is 2. The van der Waals surface area contributed by atoms with Crippen molar-refractivity contribution in [3.8, 4) is 23.0 Å². The molecule has 27 heavy (non-hydrogen) atoms. The van der Waals surface area contributed by atoms with Crippen LogP contribution in [0.15, 0.2) is 36.4 Å². The zero-order valence-electron chi connectivity index (χ0n) is 15.3. The minimum absolute atomic E-state index is 0.271. The van der Waals surface area contributed by atoms with Crippen molar-refractivity contribution in [1.82, 2.24) is 0 Å². The Morgan fingerprint density at radius 1 is 0.704 bits per heavy atom. The highest BCUT2D eigenvalue weighted by Crippen LogP contribution is 2.24. The van der Waals surface area contributed by atoms with Crippen LogP contribution < -0.4 is 18.9 Å². The fraction of sp³-hybridized carbons (Fsp3) is 0.300. The molecule has 7 nitrogen and oxygen atoms in total. The van der Waals surface area contributed by atoms with E-state index in [2.05, 4.69) is 0 Å². The Labute approximate surface area is 157 Å². The van der Waals surface area contributed by atoms with Crippen molar-refractivity contribution in [2.75, 3.05) is 40.6 Å². The zero-order chi connectivity index (χ0) is 19.5. The lowest BCUT2D eigenvalue weighted by molar-refractivity contribution is 0.0756. The lowest BCUT2D eigenvalue weighted by Gasteiger charge is -2.12. The summed E-state index contributed by atoms with van der Waals surface area (Å²) in [4.78, 5) is 22.1. The van der Waals surface area contributed by atoms with Gasteiger partial charge in [-0.2, -0.15) is 0 Å². The van der Waals surface area contributed by atoms with E-state index < -0.39 is 0 Å². The largest absolute Gasteiger partial charge is 0.497 e. The van der Waals surface area contributed by atoms with E-state index in [4.69, 9.17) is 23.7 Å². The lowest BCUT2D eigenvalue weighted by Crippen LogP contribution is -2.13. The van der Waals surface area contributed by atoms with Crippen LogP contribution in [0, 0.1) is 0 Å². The smallest absolute Gasteiger partial charge is 0.153 e. The summed E-state index contributed by atoms with van der Waals surface area (Å²) in [6.45, 7) is 1.18. The second kappa shape index (κ2) is 10.8. The average molecular weight is 374 g/mol. The average Bonchev–Trinajstić information content (AvgIpc) is 2.72. The Morgan fingerprint density at radius 2 is 1.15 bits per heavy atom. The van der Waals surface area contributed by atoms with Crippen LogP contribution >= 0.6 is 0 Å². The van der Waals surface area contributed by atoms with Gasteiger partial charge in [-0.3, -0.25) is 9.59 Å². The summed E-state index contributed by atoms with van der Waals surface area (Å²) in [5.41, 5.74) is 0.886. The molecule has 2 aromatic carbocycles. The number of aldehydes is 2. The van der Waals surface area contributed by atoms with Crippen LogP contribution in [0.25, 0.3) is 0 Å². The third kappa shape index (κ3) is 6.00. The third-order valence-corrected chi connectivity index (χ3v) is 3.67. The van der Waals surface area contributed by atoms with Crippen molar-refractivity contribution in [3.05, 3.63) is 47.5 Å². The molecule has 2 rings (SSSR count). The van der Waals surface area contributed by atoms with Crippen LogP contribution in [-0.2, 0) is 4.74 Å². The summed E-state index contributed by atoms with van der Waals surface area (Å²) >= 11 is 0.